The fraction of sp³-hybridized carbons (Fsp3) is 0.556. The number of aromatic nitrogens is 2. The first kappa shape index (κ1) is 21.6. The van der Waals surface area contributed by atoms with Gasteiger partial charge in [-0.05, 0) is 27.2 Å². The lowest BCUT2D eigenvalue weighted by atomic mass is 10.1. The summed E-state index contributed by atoms with van der Waals surface area (Å²) >= 11 is 0. The standard InChI is InChI=1S/C18H27N3O5/c1-5-6-14-17(20-10-9-19-14)25-12-13(11-21-18(2,3)4)26-16(24)8-7-15(22)23/h7-10,13,21H,5-6,11-12H2,1-4H3,(H,22,23)/b8-7-/t13-/m0/s1. The molecule has 0 unspecified atom stereocenters. The zero-order valence-electron chi connectivity index (χ0n) is 15.7. The lowest BCUT2D eigenvalue weighted by molar-refractivity contribution is -0.145. The number of carbonyl (C=O) groups is 2. The molecular weight excluding hydrogens is 338 g/mol. The van der Waals surface area contributed by atoms with Gasteiger partial charge in [0, 0.05) is 36.6 Å². The summed E-state index contributed by atoms with van der Waals surface area (Å²) in [6.45, 7) is 8.41. The van der Waals surface area contributed by atoms with Crippen LogP contribution in [0.25, 0.3) is 0 Å². The maximum atomic E-state index is 11.8. The number of hydrogen-bond donors (Lipinski definition) is 2. The number of rotatable bonds is 10. The Balaban J connectivity index is 2.75. The monoisotopic (exact) mass is 365 g/mol. The van der Waals surface area contributed by atoms with Gasteiger partial charge in [-0.25, -0.2) is 14.6 Å². The maximum Gasteiger partial charge on any atom is 0.331 e. The Morgan fingerprint density at radius 3 is 2.58 bits per heavy atom. The number of ether oxygens (including phenoxy) is 2. The highest BCUT2D eigenvalue weighted by molar-refractivity contribution is 5.90. The van der Waals surface area contributed by atoms with Crippen LogP contribution < -0.4 is 10.1 Å². The fourth-order valence-electron chi connectivity index (χ4n) is 1.95. The molecule has 26 heavy (non-hydrogen) atoms. The van der Waals surface area contributed by atoms with E-state index >= 15 is 0 Å². The molecule has 1 aromatic rings. The average molecular weight is 365 g/mol. The highest BCUT2D eigenvalue weighted by Crippen LogP contribution is 2.14. The first-order valence-electron chi connectivity index (χ1n) is 8.50. The molecule has 0 aliphatic heterocycles. The number of nitrogens with one attached hydrogen (secondary N) is 1. The van der Waals surface area contributed by atoms with E-state index in [2.05, 4.69) is 15.3 Å². The summed E-state index contributed by atoms with van der Waals surface area (Å²) in [5, 5.41) is 11.8. The summed E-state index contributed by atoms with van der Waals surface area (Å²) in [6.07, 6.45) is 5.77. The molecular formula is C18H27N3O5. The number of nitrogens with zero attached hydrogens (tertiary/aromatic N) is 2. The number of esters is 1. The van der Waals surface area contributed by atoms with Gasteiger partial charge in [0.2, 0.25) is 5.88 Å². The van der Waals surface area contributed by atoms with Gasteiger partial charge in [-0.1, -0.05) is 13.3 Å². The summed E-state index contributed by atoms with van der Waals surface area (Å²) in [5.41, 5.74) is 0.566. The zero-order chi connectivity index (χ0) is 19.6. The number of aryl methyl sites for hydroxylation is 1. The molecule has 1 rings (SSSR count). The lowest BCUT2D eigenvalue weighted by Crippen LogP contribution is -2.44. The van der Waals surface area contributed by atoms with Crippen LogP contribution in [-0.2, 0) is 20.7 Å². The molecule has 0 bridgehead atoms. The molecule has 0 fully saturated rings. The normalized spacial score (nSPS) is 12.8. The van der Waals surface area contributed by atoms with Crippen LogP contribution in [0.4, 0.5) is 0 Å². The van der Waals surface area contributed by atoms with Gasteiger partial charge in [0.05, 0.1) is 0 Å². The van der Waals surface area contributed by atoms with E-state index in [-0.39, 0.29) is 12.1 Å². The van der Waals surface area contributed by atoms with Crippen molar-refractivity contribution >= 4 is 11.9 Å². The van der Waals surface area contributed by atoms with Crippen LogP contribution in [0.2, 0.25) is 0 Å². The van der Waals surface area contributed by atoms with Crippen LogP contribution >= 0.6 is 0 Å². The van der Waals surface area contributed by atoms with Crippen molar-refractivity contribution in [1.29, 1.82) is 0 Å². The summed E-state index contributed by atoms with van der Waals surface area (Å²) in [6, 6.07) is 0. The Kier molecular flexibility index (Phi) is 8.71. The van der Waals surface area contributed by atoms with Crippen molar-refractivity contribution in [1.82, 2.24) is 15.3 Å². The molecule has 0 saturated heterocycles. The smallest absolute Gasteiger partial charge is 0.331 e. The maximum absolute atomic E-state index is 11.8. The van der Waals surface area contributed by atoms with Crippen LogP contribution in [0, 0.1) is 0 Å². The number of carboxylic acids is 1. The third-order valence-electron chi connectivity index (χ3n) is 3.13. The van der Waals surface area contributed by atoms with Gasteiger partial charge in [0.1, 0.15) is 18.4 Å². The zero-order valence-corrected chi connectivity index (χ0v) is 15.7. The van der Waals surface area contributed by atoms with Crippen molar-refractivity contribution in [2.24, 2.45) is 0 Å². The van der Waals surface area contributed by atoms with Gasteiger partial charge in [-0.15, -0.1) is 0 Å². The highest BCUT2D eigenvalue weighted by Gasteiger charge is 2.19. The molecule has 1 heterocycles. The summed E-state index contributed by atoms with van der Waals surface area (Å²) in [4.78, 5) is 30.7. The van der Waals surface area contributed by atoms with Gasteiger partial charge >= 0.3 is 11.9 Å². The van der Waals surface area contributed by atoms with Crippen molar-refractivity contribution in [3.05, 3.63) is 30.2 Å². The van der Waals surface area contributed by atoms with Crippen LogP contribution in [0.3, 0.4) is 0 Å². The first-order valence-corrected chi connectivity index (χ1v) is 8.50. The van der Waals surface area contributed by atoms with E-state index in [1.807, 2.05) is 27.7 Å². The topological polar surface area (TPSA) is 111 Å². The predicted molar refractivity (Wildman–Crippen MR) is 95.9 cm³/mol. The Morgan fingerprint density at radius 2 is 1.96 bits per heavy atom. The van der Waals surface area contributed by atoms with Crippen LogP contribution in [-0.4, -0.2) is 51.8 Å². The fourth-order valence-corrected chi connectivity index (χ4v) is 1.95. The molecule has 0 aliphatic rings. The van der Waals surface area contributed by atoms with Gasteiger partial charge in [-0.3, -0.25) is 4.98 Å². The second-order valence-electron chi connectivity index (χ2n) is 6.73. The predicted octanol–water partition coefficient (Wildman–Crippen LogP) is 1.75. The van der Waals surface area contributed by atoms with Crippen molar-refractivity contribution in [2.45, 2.75) is 52.2 Å². The first-order chi connectivity index (χ1) is 12.2. The van der Waals surface area contributed by atoms with Crippen molar-refractivity contribution in [3.8, 4) is 5.88 Å². The second kappa shape index (κ2) is 10.5. The van der Waals surface area contributed by atoms with Gasteiger partial charge < -0.3 is 19.9 Å². The largest absolute Gasteiger partial charge is 0.478 e. The average Bonchev–Trinajstić information content (AvgIpc) is 2.56. The Labute approximate surface area is 153 Å². The molecule has 0 aromatic carbocycles. The number of carboxylic acid groups (broad SMARTS) is 1. The quantitative estimate of drug-likeness (QED) is 0.476. The van der Waals surface area contributed by atoms with Crippen LogP contribution in [0.1, 0.15) is 39.8 Å². The second-order valence-corrected chi connectivity index (χ2v) is 6.73. The highest BCUT2D eigenvalue weighted by atomic mass is 16.6. The molecule has 1 atom stereocenters. The van der Waals surface area contributed by atoms with E-state index in [4.69, 9.17) is 14.6 Å². The van der Waals surface area contributed by atoms with Crippen LogP contribution in [0.15, 0.2) is 24.5 Å². The molecule has 0 radical (unpaired) electrons. The minimum absolute atomic E-state index is 0.0745. The van der Waals surface area contributed by atoms with Crippen molar-refractivity contribution < 1.29 is 24.2 Å². The third kappa shape index (κ3) is 9.12. The number of aliphatic carboxylic acids is 1. The van der Waals surface area contributed by atoms with Crippen LogP contribution in [0.5, 0.6) is 5.88 Å². The van der Waals surface area contributed by atoms with E-state index < -0.39 is 18.0 Å². The lowest BCUT2D eigenvalue weighted by Gasteiger charge is -2.25. The summed E-state index contributed by atoms with van der Waals surface area (Å²) in [7, 11) is 0. The molecule has 8 nitrogen and oxygen atoms in total. The van der Waals surface area contributed by atoms with E-state index in [0.29, 0.717) is 12.4 Å². The summed E-state index contributed by atoms with van der Waals surface area (Å²) < 4.78 is 11.0. The molecule has 0 spiro atoms. The summed E-state index contributed by atoms with van der Waals surface area (Å²) in [5.74, 6) is -1.55. The number of hydrogen-bond acceptors (Lipinski definition) is 7. The minimum Gasteiger partial charge on any atom is -0.478 e. The Morgan fingerprint density at radius 1 is 1.27 bits per heavy atom. The van der Waals surface area contributed by atoms with E-state index in [1.165, 1.54) is 0 Å². The molecule has 0 aliphatic carbocycles. The Hall–Kier alpha value is -2.48. The molecule has 0 saturated carbocycles. The molecule has 0 amide bonds. The third-order valence-corrected chi connectivity index (χ3v) is 3.13. The SMILES string of the molecule is CCCc1nccnc1OC[C@H](CNC(C)(C)C)OC(=O)/C=C\C(=O)O. The molecule has 144 valence electrons. The van der Waals surface area contributed by atoms with Gasteiger partial charge in [0.25, 0.3) is 0 Å². The van der Waals surface area contributed by atoms with Crippen molar-refractivity contribution in [2.75, 3.05) is 13.2 Å². The van der Waals surface area contributed by atoms with Crippen molar-refractivity contribution in [3.63, 3.8) is 0 Å². The molecule has 1 aromatic heterocycles. The van der Waals surface area contributed by atoms with E-state index in [9.17, 15) is 9.59 Å². The molecule has 8 heteroatoms. The number of carbonyl (C=O) groups excluding carboxylic acids is 1. The molecule has 2 N–H and O–H groups in total. The van der Waals surface area contributed by atoms with Gasteiger partial charge in [0.15, 0.2) is 0 Å². The Bertz CT molecular complexity index is 625. The van der Waals surface area contributed by atoms with E-state index in [0.717, 1.165) is 30.7 Å². The van der Waals surface area contributed by atoms with E-state index in [1.54, 1.807) is 12.4 Å². The van der Waals surface area contributed by atoms with Gasteiger partial charge in [-0.2, -0.15) is 0 Å². The minimum atomic E-state index is -1.22.